The van der Waals surface area contributed by atoms with E-state index in [1.165, 1.54) is 24.6 Å². The van der Waals surface area contributed by atoms with E-state index >= 15 is 0 Å². The fourth-order valence-electron chi connectivity index (χ4n) is 3.84. The molecule has 1 aromatic carbocycles. The van der Waals surface area contributed by atoms with Crippen molar-refractivity contribution in [1.29, 1.82) is 0 Å². The maximum absolute atomic E-state index is 12.6. The van der Waals surface area contributed by atoms with Gasteiger partial charge in [0.25, 0.3) is 0 Å². The lowest BCUT2D eigenvalue weighted by Gasteiger charge is -2.35. The van der Waals surface area contributed by atoms with Crippen LogP contribution in [0.15, 0.2) is 36.4 Å². The molecular weight excluding hydrogens is 398 g/mol. The molecule has 1 amide bonds. The molecule has 0 aliphatic carbocycles. The molecule has 2 unspecified atom stereocenters. The maximum Gasteiger partial charge on any atom is 0.313 e. The minimum atomic E-state index is -0.799. The van der Waals surface area contributed by atoms with E-state index in [4.69, 9.17) is 5.11 Å². The molecule has 2 atom stereocenters. The Labute approximate surface area is 184 Å². The number of carboxylic acid groups (broad SMARTS) is 1. The number of unbranched alkanes of at least 4 members (excludes halogenated alkanes) is 3. The van der Waals surface area contributed by atoms with Crippen molar-refractivity contribution in [1.82, 2.24) is 0 Å². The second-order valence-electron chi connectivity index (χ2n) is 7.88. The van der Waals surface area contributed by atoms with Gasteiger partial charge in [0, 0.05) is 23.9 Å². The van der Waals surface area contributed by atoms with Gasteiger partial charge in [-0.05, 0) is 43.4 Å². The molecule has 2 N–H and O–H groups in total. The fraction of sp³-hybridized carbons (Fsp3) is 0.583. The molecule has 30 heavy (non-hydrogen) atoms. The van der Waals surface area contributed by atoms with Crippen LogP contribution in [0.4, 0.5) is 5.69 Å². The number of carbonyl (C=O) groups is 2. The van der Waals surface area contributed by atoms with Gasteiger partial charge in [0.1, 0.15) is 0 Å². The Hall–Kier alpha value is -1.79. The highest BCUT2D eigenvalue weighted by atomic mass is 32.2. The zero-order chi connectivity index (χ0) is 21.8. The van der Waals surface area contributed by atoms with Crippen LogP contribution in [-0.2, 0) is 9.59 Å². The number of carbonyl (C=O) groups excluding carboxylic acids is 1. The number of aliphatic hydroxyl groups excluding tert-OH is 1. The van der Waals surface area contributed by atoms with Crippen LogP contribution in [0, 0.1) is 0 Å². The number of aliphatic carboxylic acids is 1. The van der Waals surface area contributed by atoms with E-state index < -0.39 is 12.1 Å². The van der Waals surface area contributed by atoms with Gasteiger partial charge in [0.15, 0.2) is 0 Å². The smallest absolute Gasteiger partial charge is 0.313 e. The van der Waals surface area contributed by atoms with E-state index in [1.54, 1.807) is 0 Å². The summed E-state index contributed by atoms with van der Waals surface area (Å²) in [6, 6.07) is 7.91. The second-order valence-corrected chi connectivity index (χ2v) is 8.91. The first kappa shape index (κ1) is 24.5. The number of hydrogen-bond acceptors (Lipinski definition) is 4. The van der Waals surface area contributed by atoms with E-state index in [2.05, 4.69) is 13.0 Å². The summed E-state index contributed by atoms with van der Waals surface area (Å²) < 4.78 is 0. The third kappa shape index (κ3) is 8.15. The van der Waals surface area contributed by atoms with Crippen molar-refractivity contribution >= 4 is 29.3 Å². The lowest BCUT2D eigenvalue weighted by Crippen LogP contribution is -2.43. The SMILES string of the molecule is CCCCCCC(O)c1ccc(N2C(=O)CCCC2C/C=C\CSCC(=O)O)cc1. The van der Waals surface area contributed by atoms with Crippen LogP contribution < -0.4 is 4.90 Å². The van der Waals surface area contributed by atoms with Crippen molar-refractivity contribution in [2.75, 3.05) is 16.4 Å². The van der Waals surface area contributed by atoms with Gasteiger partial charge in [-0.15, -0.1) is 11.8 Å². The van der Waals surface area contributed by atoms with E-state index in [9.17, 15) is 14.7 Å². The average molecular weight is 434 g/mol. The van der Waals surface area contributed by atoms with Crippen LogP contribution in [0.1, 0.15) is 76.4 Å². The van der Waals surface area contributed by atoms with Crippen LogP contribution in [0.25, 0.3) is 0 Å². The van der Waals surface area contributed by atoms with Gasteiger partial charge in [-0.1, -0.05) is 56.9 Å². The summed E-state index contributed by atoms with van der Waals surface area (Å²) in [5.41, 5.74) is 1.80. The van der Waals surface area contributed by atoms with Gasteiger partial charge in [-0.2, -0.15) is 0 Å². The van der Waals surface area contributed by atoms with Gasteiger partial charge in [0.2, 0.25) is 5.91 Å². The third-order valence-electron chi connectivity index (χ3n) is 5.46. The first-order valence-corrected chi connectivity index (χ1v) is 12.2. The molecule has 0 aromatic heterocycles. The highest BCUT2D eigenvalue weighted by molar-refractivity contribution is 8.00. The Morgan fingerprint density at radius 1 is 1.23 bits per heavy atom. The summed E-state index contributed by atoms with van der Waals surface area (Å²) in [5.74, 6) is 0.118. The summed E-state index contributed by atoms with van der Waals surface area (Å²) in [7, 11) is 0. The molecule has 1 heterocycles. The van der Waals surface area contributed by atoms with E-state index in [0.29, 0.717) is 12.2 Å². The van der Waals surface area contributed by atoms with Crippen LogP contribution in [0.5, 0.6) is 0 Å². The van der Waals surface area contributed by atoms with Gasteiger partial charge in [-0.25, -0.2) is 0 Å². The maximum atomic E-state index is 12.6. The van der Waals surface area contributed by atoms with Crippen molar-refractivity contribution in [3.05, 3.63) is 42.0 Å². The standard InChI is InChI=1S/C24H35NO4S/c1-2-3-4-5-11-22(26)19-13-15-21(16-14-19)25-20(10-8-12-23(25)27)9-6-7-17-30-18-24(28)29/h6-7,13-16,20,22,26H,2-5,8-12,17-18H2,1H3,(H,28,29)/b7-6-. The molecule has 1 fully saturated rings. The van der Waals surface area contributed by atoms with Gasteiger partial charge in [-0.3, -0.25) is 9.59 Å². The summed E-state index contributed by atoms with van der Waals surface area (Å²) in [6.45, 7) is 2.18. The predicted octanol–water partition coefficient (Wildman–Crippen LogP) is 5.34. The largest absolute Gasteiger partial charge is 0.481 e. The number of nitrogens with zero attached hydrogens (tertiary/aromatic N) is 1. The Morgan fingerprint density at radius 3 is 2.70 bits per heavy atom. The molecule has 1 aliphatic heterocycles. The number of rotatable bonds is 13. The molecular formula is C24H35NO4S. The summed E-state index contributed by atoms with van der Waals surface area (Å²) in [5, 5.41) is 19.1. The molecule has 5 nitrogen and oxygen atoms in total. The third-order valence-corrected chi connectivity index (χ3v) is 6.34. The Balaban J connectivity index is 1.93. The zero-order valence-electron chi connectivity index (χ0n) is 18.0. The van der Waals surface area contributed by atoms with Crippen LogP contribution in [0.2, 0.25) is 0 Å². The van der Waals surface area contributed by atoms with Crippen molar-refractivity contribution in [3.63, 3.8) is 0 Å². The number of anilines is 1. The summed E-state index contributed by atoms with van der Waals surface area (Å²) in [4.78, 5) is 25.1. The molecule has 0 spiro atoms. The molecule has 166 valence electrons. The highest BCUT2D eigenvalue weighted by Gasteiger charge is 2.28. The number of piperidine rings is 1. The summed E-state index contributed by atoms with van der Waals surface area (Å²) >= 11 is 1.37. The minimum Gasteiger partial charge on any atom is -0.481 e. The molecule has 6 heteroatoms. The fourth-order valence-corrected chi connectivity index (χ4v) is 4.41. The highest BCUT2D eigenvalue weighted by Crippen LogP contribution is 2.30. The molecule has 1 aliphatic rings. The zero-order valence-corrected chi connectivity index (χ0v) is 18.8. The predicted molar refractivity (Wildman–Crippen MR) is 124 cm³/mol. The van der Waals surface area contributed by atoms with Gasteiger partial charge >= 0.3 is 5.97 Å². The van der Waals surface area contributed by atoms with Crippen LogP contribution in [0.3, 0.4) is 0 Å². The first-order valence-electron chi connectivity index (χ1n) is 11.1. The molecule has 2 rings (SSSR count). The number of thioether (sulfide) groups is 1. The van der Waals surface area contributed by atoms with Crippen LogP contribution >= 0.6 is 11.8 Å². The molecule has 0 saturated carbocycles. The molecule has 0 bridgehead atoms. The first-order chi connectivity index (χ1) is 14.5. The van der Waals surface area contributed by atoms with E-state index in [-0.39, 0.29) is 17.7 Å². The molecule has 1 saturated heterocycles. The van der Waals surface area contributed by atoms with Crippen molar-refractivity contribution in [2.24, 2.45) is 0 Å². The van der Waals surface area contributed by atoms with E-state index in [0.717, 1.165) is 49.8 Å². The Bertz CT molecular complexity index is 689. The summed E-state index contributed by atoms with van der Waals surface area (Å²) in [6.07, 6.45) is 12.1. The number of carboxylic acids is 1. The van der Waals surface area contributed by atoms with Gasteiger partial charge < -0.3 is 15.1 Å². The monoisotopic (exact) mass is 433 g/mol. The lowest BCUT2D eigenvalue weighted by molar-refractivity contribution is -0.133. The second kappa shape index (κ2) is 13.5. The lowest BCUT2D eigenvalue weighted by atomic mass is 9.96. The Kier molecular flexibility index (Phi) is 11.0. The minimum absolute atomic E-state index is 0.106. The number of hydrogen-bond donors (Lipinski definition) is 2. The van der Waals surface area contributed by atoms with E-state index in [1.807, 2.05) is 35.2 Å². The topological polar surface area (TPSA) is 77.8 Å². The number of benzene rings is 1. The van der Waals surface area contributed by atoms with Gasteiger partial charge in [0.05, 0.1) is 11.9 Å². The normalized spacial score (nSPS) is 18.1. The number of aliphatic hydroxyl groups is 1. The van der Waals surface area contributed by atoms with Crippen molar-refractivity contribution < 1.29 is 19.8 Å². The molecule has 1 aromatic rings. The molecule has 0 radical (unpaired) electrons. The quantitative estimate of drug-likeness (QED) is 0.324. The average Bonchev–Trinajstić information content (AvgIpc) is 2.73. The van der Waals surface area contributed by atoms with Crippen LogP contribution in [-0.4, -0.2) is 39.6 Å². The Morgan fingerprint density at radius 2 is 2.00 bits per heavy atom. The number of amides is 1. The van der Waals surface area contributed by atoms with Crippen molar-refractivity contribution in [2.45, 2.75) is 76.9 Å². The van der Waals surface area contributed by atoms with Crippen molar-refractivity contribution in [3.8, 4) is 0 Å².